The van der Waals surface area contributed by atoms with Gasteiger partial charge in [-0.05, 0) is 31.0 Å². The second kappa shape index (κ2) is 10.9. The summed E-state index contributed by atoms with van der Waals surface area (Å²) in [6, 6.07) is 4.16. The first kappa shape index (κ1) is 24.2. The summed E-state index contributed by atoms with van der Waals surface area (Å²) in [5.74, 6) is -1.18. The van der Waals surface area contributed by atoms with Crippen LogP contribution in [-0.2, 0) is 20.4 Å². The number of rotatable bonds is 8. The molecule has 0 radical (unpaired) electrons. The summed E-state index contributed by atoms with van der Waals surface area (Å²) in [6.45, 7) is 6.35. The van der Waals surface area contributed by atoms with E-state index in [0.29, 0.717) is 39.0 Å². The molecule has 1 aromatic carbocycles. The number of alkyl halides is 3. The van der Waals surface area contributed by atoms with Crippen molar-refractivity contribution in [2.45, 2.75) is 37.2 Å². The lowest BCUT2D eigenvalue weighted by Crippen LogP contribution is -2.48. The summed E-state index contributed by atoms with van der Waals surface area (Å²) in [5.41, 5.74) is -1.08. The Labute approximate surface area is 184 Å². The number of likely N-dealkylation sites (tertiary alicyclic amines) is 1. The molecule has 0 unspecified atom stereocenters. The molecule has 0 bridgehead atoms. The number of hydrogen-bond donors (Lipinski definition) is 2. The van der Waals surface area contributed by atoms with Gasteiger partial charge in [0.05, 0.1) is 30.9 Å². The van der Waals surface area contributed by atoms with Crippen molar-refractivity contribution in [1.29, 1.82) is 0 Å². The average Bonchev–Trinajstić information content (AvgIpc) is 3.18. The molecule has 2 fully saturated rings. The predicted molar refractivity (Wildman–Crippen MR) is 111 cm³/mol. The summed E-state index contributed by atoms with van der Waals surface area (Å²) in [7, 11) is 0. The van der Waals surface area contributed by atoms with E-state index in [0.717, 1.165) is 31.0 Å². The van der Waals surface area contributed by atoms with E-state index in [1.807, 2.05) is 0 Å². The van der Waals surface area contributed by atoms with Crippen LogP contribution in [0.2, 0.25) is 0 Å². The van der Waals surface area contributed by atoms with Gasteiger partial charge in [0.25, 0.3) is 5.91 Å². The summed E-state index contributed by atoms with van der Waals surface area (Å²) >= 11 is 0. The maximum Gasteiger partial charge on any atom is 0.416 e. The lowest BCUT2D eigenvalue weighted by Gasteiger charge is -2.30. The Morgan fingerprint density at radius 1 is 1.25 bits per heavy atom. The van der Waals surface area contributed by atoms with Crippen LogP contribution in [0.1, 0.15) is 28.8 Å². The smallest absolute Gasteiger partial charge is 0.381 e. The van der Waals surface area contributed by atoms with Gasteiger partial charge in [-0.1, -0.05) is 12.1 Å². The van der Waals surface area contributed by atoms with Crippen LogP contribution >= 0.6 is 0 Å². The van der Waals surface area contributed by atoms with Crippen LogP contribution in [0.25, 0.3) is 0 Å². The van der Waals surface area contributed by atoms with E-state index >= 15 is 0 Å². The number of nitrogens with one attached hydrogen (secondary N) is 2. The monoisotopic (exact) mass is 455 g/mol. The second-order valence-corrected chi connectivity index (χ2v) is 7.89. The van der Waals surface area contributed by atoms with Gasteiger partial charge >= 0.3 is 6.18 Å². The van der Waals surface area contributed by atoms with Gasteiger partial charge in [-0.3, -0.25) is 14.5 Å². The summed E-state index contributed by atoms with van der Waals surface area (Å²) in [6.07, 6.45) is -1.29. The molecule has 0 spiro atoms. The SMILES string of the molecule is C=CCO[C@H]1CN(C2CCOCC2)C[C@@H]1NC(=O)CNC(=O)c1cccc(C(F)(F)F)c1. The number of ether oxygens (including phenoxy) is 2. The highest BCUT2D eigenvalue weighted by atomic mass is 19.4. The summed E-state index contributed by atoms with van der Waals surface area (Å²) in [5, 5.41) is 5.26. The van der Waals surface area contributed by atoms with Gasteiger partial charge in [0, 0.05) is 37.9 Å². The van der Waals surface area contributed by atoms with Crippen molar-refractivity contribution in [3.63, 3.8) is 0 Å². The fourth-order valence-electron chi connectivity index (χ4n) is 4.01. The first-order valence-corrected chi connectivity index (χ1v) is 10.6. The summed E-state index contributed by atoms with van der Waals surface area (Å²) in [4.78, 5) is 26.9. The van der Waals surface area contributed by atoms with Gasteiger partial charge in [-0.25, -0.2) is 0 Å². The van der Waals surface area contributed by atoms with Crippen molar-refractivity contribution in [1.82, 2.24) is 15.5 Å². The third-order valence-corrected chi connectivity index (χ3v) is 5.64. The first-order valence-electron chi connectivity index (χ1n) is 10.6. The van der Waals surface area contributed by atoms with Crippen LogP contribution in [0.15, 0.2) is 36.9 Å². The molecule has 0 aromatic heterocycles. The molecule has 2 aliphatic heterocycles. The van der Waals surface area contributed by atoms with Crippen LogP contribution in [0.5, 0.6) is 0 Å². The number of hydrogen-bond acceptors (Lipinski definition) is 5. The quantitative estimate of drug-likeness (QED) is 0.586. The van der Waals surface area contributed by atoms with Crippen LogP contribution in [0, 0.1) is 0 Å². The molecule has 2 N–H and O–H groups in total. The molecule has 1 aromatic rings. The van der Waals surface area contributed by atoms with Crippen LogP contribution in [0.4, 0.5) is 13.2 Å². The Hall–Kier alpha value is -2.43. The van der Waals surface area contributed by atoms with Gasteiger partial charge in [0.2, 0.25) is 5.91 Å². The van der Waals surface area contributed by atoms with Crippen LogP contribution in [-0.4, -0.2) is 74.4 Å². The van der Waals surface area contributed by atoms with E-state index in [4.69, 9.17) is 9.47 Å². The maximum absolute atomic E-state index is 12.8. The first-order chi connectivity index (χ1) is 15.3. The van der Waals surface area contributed by atoms with Gasteiger partial charge in [0.15, 0.2) is 0 Å². The molecule has 0 saturated carbocycles. The highest BCUT2D eigenvalue weighted by molar-refractivity contribution is 5.96. The van der Waals surface area contributed by atoms with E-state index in [9.17, 15) is 22.8 Å². The van der Waals surface area contributed by atoms with Crippen molar-refractivity contribution >= 4 is 11.8 Å². The maximum atomic E-state index is 12.8. The largest absolute Gasteiger partial charge is 0.416 e. The van der Waals surface area contributed by atoms with E-state index in [1.165, 1.54) is 6.07 Å². The van der Waals surface area contributed by atoms with E-state index in [2.05, 4.69) is 22.1 Å². The van der Waals surface area contributed by atoms with Gasteiger partial charge in [-0.15, -0.1) is 6.58 Å². The van der Waals surface area contributed by atoms with E-state index in [-0.39, 0.29) is 24.3 Å². The fraction of sp³-hybridized carbons (Fsp3) is 0.545. The molecule has 0 aliphatic carbocycles. The highest BCUT2D eigenvalue weighted by Gasteiger charge is 2.38. The Bertz CT molecular complexity index is 812. The zero-order valence-electron chi connectivity index (χ0n) is 17.7. The Kier molecular flexibility index (Phi) is 8.27. The normalized spacial score (nSPS) is 22.5. The lowest BCUT2D eigenvalue weighted by atomic mass is 10.1. The molecule has 32 heavy (non-hydrogen) atoms. The zero-order chi connectivity index (χ0) is 23.1. The van der Waals surface area contributed by atoms with Crippen molar-refractivity contribution in [3.05, 3.63) is 48.0 Å². The average molecular weight is 455 g/mol. The lowest BCUT2D eigenvalue weighted by molar-refractivity contribution is -0.137. The highest BCUT2D eigenvalue weighted by Crippen LogP contribution is 2.29. The van der Waals surface area contributed by atoms with Crippen molar-refractivity contribution in [2.24, 2.45) is 0 Å². The standard InChI is InChI=1S/C22H28F3N3O4/c1-2-8-32-19-14-28(17-6-9-31-10-7-17)13-18(19)27-20(29)12-26-21(30)15-4-3-5-16(11-15)22(23,24)25/h2-5,11,17-19H,1,6-10,12-14H2,(H,26,30)(H,27,29)/t18-,19-/m0/s1. The Balaban J connectivity index is 1.54. The topological polar surface area (TPSA) is 79.9 Å². The minimum atomic E-state index is -4.55. The molecule has 2 heterocycles. The zero-order valence-corrected chi connectivity index (χ0v) is 17.7. The van der Waals surface area contributed by atoms with Gasteiger partial charge in [0.1, 0.15) is 0 Å². The van der Waals surface area contributed by atoms with Gasteiger partial charge < -0.3 is 20.1 Å². The molecule has 3 rings (SSSR count). The Morgan fingerprint density at radius 3 is 2.69 bits per heavy atom. The second-order valence-electron chi connectivity index (χ2n) is 7.89. The minimum absolute atomic E-state index is 0.161. The molecule has 2 atom stereocenters. The number of nitrogens with zero attached hydrogens (tertiary/aromatic N) is 1. The molecular weight excluding hydrogens is 427 g/mol. The van der Waals surface area contributed by atoms with Crippen molar-refractivity contribution in [2.75, 3.05) is 39.5 Å². The number of benzene rings is 1. The number of carbonyl (C=O) groups excluding carboxylic acids is 2. The molecule has 7 nitrogen and oxygen atoms in total. The third-order valence-electron chi connectivity index (χ3n) is 5.64. The molecule has 2 saturated heterocycles. The number of halogens is 3. The fourth-order valence-corrected chi connectivity index (χ4v) is 4.01. The third kappa shape index (κ3) is 6.54. The number of carbonyl (C=O) groups is 2. The van der Waals surface area contributed by atoms with Gasteiger partial charge in [-0.2, -0.15) is 13.2 Å². The molecule has 10 heteroatoms. The Morgan fingerprint density at radius 2 is 2.00 bits per heavy atom. The van der Waals surface area contributed by atoms with E-state index < -0.39 is 23.6 Å². The molecular formula is C22H28F3N3O4. The van der Waals surface area contributed by atoms with Crippen LogP contribution in [0.3, 0.4) is 0 Å². The van der Waals surface area contributed by atoms with E-state index in [1.54, 1.807) is 6.08 Å². The van der Waals surface area contributed by atoms with Crippen molar-refractivity contribution in [3.8, 4) is 0 Å². The molecule has 2 amide bonds. The van der Waals surface area contributed by atoms with Crippen LogP contribution < -0.4 is 10.6 Å². The summed E-state index contributed by atoms with van der Waals surface area (Å²) < 4.78 is 49.8. The predicted octanol–water partition coefficient (Wildman–Crippen LogP) is 1.99. The minimum Gasteiger partial charge on any atom is -0.381 e. The number of amides is 2. The van der Waals surface area contributed by atoms with Crippen molar-refractivity contribution < 1.29 is 32.2 Å². The molecule has 2 aliphatic rings. The molecule has 176 valence electrons.